The SMILES string of the molecule is c1ccc(-c2cc(-c3ccccc3)nc(B3c4ccccc4-c4ccccc43)n2)cc1. The Morgan fingerprint density at radius 2 is 0.871 bits per heavy atom. The standard InChI is InChI=1S/C28H19BN2/c1-3-11-20(12-4-1)26-19-27(21-13-5-2-6-14-21)31-28(30-26)29-24-17-9-7-15-22(24)23-16-8-10-18-25(23)29/h1-19H. The molecule has 4 aromatic carbocycles. The van der Waals surface area contributed by atoms with Crippen LogP contribution in [0.5, 0.6) is 0 Å². The topological polar surface area (TPSA) is 25.8 Å². The molecule has 6 rings (SSSR count). The summed E-state index contributed by atoms with van der Waals surface area (Å²) in [6.45, 7) is 0.0264. The molecule has 0 atom stereocenters. The summed E-state index contributed by atoms with van der Waals surface area (Å²) in [5.41, 5.74) is 10.0. The Hall–Kier alpha value is -3.98. The van der Waals surface area contributed by atoms with Gasteiger partial charge in [-0.05, 0) is 17.2 Å². The molecule has 0 aliphatic carbocycles. The Balaban J connectivity index is 1.61. The molecule has 0 radical (unpaired) electrons. The fourth-order valence-electron chi connectivity index (χ4n) is 4.54. The molecular formula is C28H19BN2. The van der Waals surface area contributed by atoms with E-state index in [2.05, 4.69) is 103 Å². The van der Waals surface area contributed by atoms with Crippen molar-refractivity contribution in [3.8, 4) is 33.6 Å². The Morgan fingerprint density at radius 1 is 0.452 bits per heavy atom. The van der Waals surface area contributed by atoms with E-state index >= 15 is 0 Å². The molecule has 0 spiro atoms. The zero-order valence-corrected chi connectivity index (χ0v) is 16.9. The highest BCUT2D eigenvalue weighted by Crippen LogP contribution is 2.25. The number of nitrogens with zero attached hydrogens (tertiary/aromatic N) is 2. The number of benzene rings is 4. The predicted octanol–water partition coefficient (Wildman–Crippen LogP) is 4.31. The lowest BCUT2D eigenvalue weighted by Gasteiger charge is -2.13. The van der Waals surface area contributed by atoms with E-state index in [0.717, 1.165) is 28.2 Å². The van der Waals surface area contributed by atoms with Gasteiger partial charge in [0.1, 0.15) is 5.72 Å². The largest absolute Gasteiger partial charge is 0.291 e. The Kier molecular flexibility index (Phi) is 4.24. The Bertz CT molecular complexity index is 1280. The van der Waals surface area contributed by atoms with Crippen molar-refractivity contribution >= 4 is 23.4 Å². The zero-order chi connectivity index (χ0) is 20.6. The Morgan fingerprint density at radius 3 is 1.35 bits per heavy atom. The molecule has 5 aromatic rings. The van der Waals surface area contributed by atoms with Gasteiger partial charge in [0.2, 0.25) is 0 Å². The van der Waals surface area contributed by atoms with E-state index in [1.165, 1.54) is 22.1 Å². The third-order valence-electron chi connectivity index (χ3n) is 5.97. The van der Waals surface area contributed by atoms with Gasteiger partial charge >= 0.3 is 0 Å². The first-order chi connectivity index (χ1) is 15.4. The van der Waals surface area contributed by atoms with Gasteiger partial charge in [0.05, 0.1) is 11.4 Å². The summed E-state index contributed by atoms with van der Waals surface area (Å²) in [5.74, 6) is 0. The normalized spacial score (nSPS) is 11.8. The lowest BCUT2D eigenvalue weighted by molar-refractivity contribution is 1.23. The Labute approximate surface area is 182 Å². The van der Waals surface area contributed by atoms with Crippen LogP contribution in [0.1, 0.15) is 0 Å². The number of hydrogen-bond acceptors (Lipinski definition) is 2. The average molecular weight is 394 g/mol. The predicted molar refractivity (Wildman–Crippen MR) is 129 cm³/mol. The molecule has 0 N–H and O–H groups in total. The van der Waals surface area contributed by atoms with Gasteiger partial charge in [0.15, 0.2) is 0 Å². The van der Waals surface area contributed by atoms with Crippen LogP contribution in [0.3, 0.4) is 0 Å². The number of rotatable bonds is 3. The summed E-state index contributed by atoms with van der Waals surface area (Å²) in [7, 11) is 0. The monoisotopic (exact) mass is 394 g/mol. The highest BCUT2D eigenvalue weighted by atomic mass is 14.9. The maximum absolute atomic E-state index is 5.10. The van der Waals surface area contributed by atoms with E-state index in [1.54, 1.807) is 0 Å². The van der Waals surface area contributed by atoms with Gasteiger partial charge in [-0.1, -0.05) is 120 Å². The van der Waals surface area contributed by atoms with Crippen molar-refractivity contribution in [3.05, 3.63) is 115 Å². The second-order valence-electron chi connectivity index (χ2n) is 7.84. The summed E-state index contributed by atoms with van der Waals surface area (Å²) < 4.78 is 0. The quantitative estimate of drug-likeness (QED) is 0.418. The molecule has 0 saturated heterocycles. The molecule has 144 valence electrons. The van der Waals surface area contributed by atoms with Crippen molar-refractivity contribution in [2.75, 3.05) is 0 Å². The first-order valence-electron chi connectivity index (χ1n) is 10.6. The molecule has 2 nitrogen and oxygen atoms in total. The van der Waals surface area contributed by atoms with Crippen LogP contribution in [0.15, 0.2) is 115 Å². The van der Waals surface area contributed by atoms with Crippen LogP contribution < -0.4 is 16.6 Å². The lowest BCUT2D eigenvalue weighted by atomic mass is 9.42. The minimum absolute atomic E-state index is 0.0264. The van der Waals surface area contributed by atoms with Crippen LogP contribution in [0.4, 0.5) is 0 Å². The molecule has 1 aliphatic heterocycles. The summed E-state index contributed by atoms with van der Waals surface area (Å²) in [4.78, 5) is 10.2. The van der Waals surface area contributed by atoms with Crippen molar-refractivity contribution in [1.82, 2.24) is 9.97 Å². The maximum Gasteiger partial charge on any atom is 0.291 e. The third-order valence-corrected chi connectivity index (χ3v) is 5.97. The van der Waals surface area contributed by atoms with E-state index in [0.29, 0.717) is 0 Å². The molecule has 0 fully saturated rings. The fourth-order valence-corrected chi connectivity index (χ4v) is 4.54. The van der Waals surface area contributed by atoms with Crippen LogP contribution in [0.25, 0.3) is 33.6 Å². The maximum atomic E-state index is 5.10. The van der Waals surface area contributed by atoms with E-state index in [1.807, 2.05) is 12.1 Å². The fraction of sp³-hybridized carbons (Fsp3) is 0. The molecule has 2 heterocycles. The number of hydrogen-bond donors (Lipinski definition) is 0. The highest BCUT2D eigenvalue weighted by molar-refractivity contribution is 6.98. The first-order valence-corrected chi connectivity index (χ1v) is 10.6. The second-order valence-corrected chi connectivity index (χ2v) is 7.84. The van der Waals surface area contributed by atoms with Gasteiger partial charge < -0.3 is 0 Å². The molecule has 1 aromatic heterocycles. The van der Waals surface area contributed by atoms with Crippen LogP contribution in [0, 0.1) is 0 Å². The van der Waals surface area contributed by atoms with Crippen LogP contribution in [0.2, 0.25) is 0 Å². The average Bonchev–Trinajstić information content (AvgIpc) is 3.19. The highest BCUT2D eigenvalue weighted by Gasteiger charge is 2.35. The second kappa shape index (κ2) is 7.37. The summed E-state index contributed by atoms with van der Waals surface area (Å²) in [6, 6.07) is 40.1. The van der Waals surface area contributed by atoms with Crippen LogP contribution in [-0.4, -0.2) is 16.7 Å². The van der Waals surface area contributed by atoms with Gasteiger partial charge in [-0.3, -0.25) is 0 Å². The third kappa shape index (κ3) is 3.06. The summed E-state index contributed by atoms with van der Waals surface area (Å²) in [6.07, 6.45) is 0. The van der Waals surface area contributed by atoms with Crippen LogP contribution >= 0.6 is 0 Å². The molecule has 0 saturated carbocycles. The van der Waals surface area contributed by atoms with Gasteiger partial charge in [-0.25, -0.2) is 9.97 Å². The van der Waals surface area contributed by atoms with Gasteiger partial charge in [0.25, 0.3) is 6.71 Å². The minimum Gasteiger partial charge on any atom is -0.243 e. The van der Waals surface area contributed by atoms with Gasteiger partial charge in [0, 0.05) is 11.1 Å². The van der Waals surface area contributed by atoms with Crippen LogP contribution in [-0.2, 0) is 0 Å². The van der Waals surface area contributed by atoms with Crippen molar-refractivity contribution in [1.29, 1.82) is 0 Å². The zero-order valence-electron chi connectivity index (χ0n) is 16.9. The van der Waals surface area contributed by atoms with Crippen molar-refractivity contribution < 1.29 is 0 Å². The van der Waals surface area contributed by atoms with E-state index < -0.39 is 0 Å². The molecule has 0 unspecified atom stereocenters. The van der Waals surface area contributed by atoms with Gasteiger partial charge in [-0.15, -0.1) is 0 Å². The van der Waals surface area contributed by atoms with E-state index in [4.69, 9.17) is 9.97 Å². The molecule has 0 bridgehead atoms. The lowest BCUT2D eigenvalue weighted by Crippen LogP contribution is -2.52. The van der Waals surface area contributed by atoms with E-state index in [-0.39, 0.29) is 6.71 Å². The molecule has 0 amide bonds. The summed E-state index contributed by atoms with van der Waals surface area (Å²) in [5, 5.41) is 0. The first kappa shape index (κ1) is 17.8. The molecule has 3 heteroatoms. The van der Waals surface area contributed by atoms with Crippen molar-refractivity contribution in [2.45, 2.75) is 0 Å². The smallest absolute Gasteiger partial charge is 0.243 e. The van der Waals surface area contributed by atoms with Gasteiger partial charge in [-0.2, -0.15) is 0 Å². The number of aromatic nitrogens is 2. The molecule has 31 heavy (non-hydrogen) atoms. The van der Waals surface area contributed by atoms with Crippen molar-refractivity contribution in [3.63, 3.8) is 0 Å². The van der Waals surface area contributed by atoms with E-state index in [9.17, 15) is 0 Å². The number of fused-ring (bicyclic) bond motifs is 3. The molecule has 1 aliphatic rings. The molecular weight excluding hydrogens is 375 g/mol. The van der Waals surface area contributed by atoms with Crippen molar-refractivity contribution in [2.24, 2.45) is 0 Å². The minimum atomic E-state index is 0.0264. The summed E-state index contributed by atoms with van der Waals surface area (Å²) >= 11 is 0.